The first kappa shape index (κ1) is 22.1. The van der Waals surface area contributed by atoms with Crippen molar-refractivity contribution in [1.29, 1.82) is 0 Å². The van der Waals surface area contributed by atoms with Crippen LogP contribution in [0.1, 0.15) is 57.9 Å². The van der Waals surface area contributed by atoms with Gasteiger partial charge in [-0.05, 0) is 62.6 Å². The first-order valence-corrected chi connectivity index (χ1v) is 10.4. The highest BCUT2D eigenvalue weighted by Gasteiger charge is 2.28. The Bertz CT molecular complexity index is 601. The molecule has 2 atom stereocenters. The molecule has 0 saturated heterocycles. The smallest absolute Gasteiger partial charge is 0.407 e. The summed E-state index contributed by atoms with van der Waals surface area (Å²) in [5.74, 6) is 1.08. The molecule has 2 rings (SSSR count). The van der Waals surface area contributed by atoms with Crippen molar-refractivity contribution in [2.45, 2.75) is 64.9 Å². The van der Waals surface area contributed by atoms with Gasteiger partial charge in [-0.2, -0.15) is 0 Å². The van der Waals surface area contributed by atoms with Crippen LogP contribution in [0, 0.1) is 5.92 Å². The molecule has 1 saturated carbocycles. The Morgan fingerprint density at radius 1 is 1.11 bits per heavy atom. The Morgan fingerprint density at radius 2 is 1.86 bits per heavy atom. The third kappa shape index (κ3) is 7.79. The van der Waals surface area contributed by atoms with Gasteiger partial charge in [-0.25, -0.2) is 4.79 Å². The Balaban J connectivity index is 1.78. The van der Waals surface area contributed by atoms with Crippen molar-refractivity contribution in [3.8, 4) is 5.75 Å². The molecular formula is C22H33NO5. The van der Waals surface area contributed by atoms with E-state index in [-0.39, 0.29) is 12.1 Å². The summed E-state index contributed by atoms with van der Waals surface area (Å²) in [6, 6.07) is 8.02. The van der Waals surface area contributed by atoms with E-state index in [1.165, 1.54) is 12.0 Å². The number of carbonyl (C=O) groups excluding carboxylic acids is 2. The van der Waals surface area contributed by atoms with Crippen LogP contribution >= 0.6 is 0 Å². The Morgan fingerprint density at radius 3 is 2.57 bits per heavy atom. The van der Waals surface area contributed by atoms with E-state index in [2.05, 4.69) is 17.4 Å². The van der Waals surface area contributed by atoms with Crippen molar-refractivity contribution in [3.05, 3.63) is 29.8 Å². The van der Waals surface area contributed by atoms with Crippen LogP contribution in [0.3, 0.4) is 0 Å². The Labute approximate surface area is 167 Å². The number of benzene rings is 1. The van der Waals surface area contributed by atoms with Crippen molar-refractivity contribution in [3.63, 3.8) is 0 Å². The highest BCUT2D eigenvalue weighted by Crippen LogP contribution is 2.30. The average Bonchev–Trinajstić information content (AvgIpc) is 2.68. The monoisotopic (exact) mass is 391 g/mol. The molecule has 0 radical (unpaired) electrons. The number of hydrogen-bond acceptors (Lipinski definition) is 5. The maximum absolute atomic E-state index is 11.9. The fourth-order valence-electron chi connectivity index (χ4n) is 3.52. The maximum atomic E-state index is 11.9. The first-order chi connectivity index (χ1) is 13.6. The third-order valence-corrected chi connectivity index (χ3v) is 4.91. The summed E-state index contributed by atoms with van der Waals surface area (Å²) in [6.07, 6.45) is 6.24. The van der Waals surface area contributed by atoms with E-state index in [4.69, 9.17) is 14.2 Å². The first-order valence-electron chi connectivity index (χ1n) is 10.4. The topological polar surface area (TPSA) is 73.9 Å². The summed E-state index contributed by atoms with van der Waals surface area (Å²) >= 11 is 0. The average molecular weight is 392 g/mol. The summed E-state index contributed by atoms with van der Waals surface area (Å²) < 4.78 is 16.2. The van der Waals surface area contributed by atoms with Gasteiger partial charge in [0.25, 0.3) is 0 Å². The predicted molar refractivity (Wildman–Crippen MR) is 107 cm³/mol. The van der Waals surface area contributed by atoms with E-state index < -0.39 is 6.09 Å². The third-order valence-electron chi connectivity index (χ3n) is 4.91. The molecule has 0 aromatic heterocycles. The molecule has 1 aliphatic carbocycles. The zero-order valence-corrected chi connectivity index (χ0v) is 17.1. The molecule has 1 amide bonds. The molecule has 0 aliphatic heterocycles. The molecule has 0 heterocycles. The van der Waals surface area contributed by atoms with E-state index in [0.717, 1.165) is 37.9 Å². The predicted octanol–water partition coefficient (Wildman–Crippen LogP) is 4.26. The lowest BCUT2D eigenvalue weighted by Gasteiger charge is -2.31. The van der Waals surface area contributed by atoms with Crippen LogP contribution in [0.5, 0.6) is 5.75 Å². The number of hydrogen-bond donors (Lipinski definition) is 1. The molecule has 1 aromatic rings. The van der Waals surface area contributed by atoms with Gasteiger partial charge in [0.2, 0.25) is 0 Å². The van der Waals surface area contributed by atoms with Gasteiger partial charge in [-0.15, -0.1) is 0 Å². The molecule has 1 fully saturated rings. The van der Waals surface area contributed by atoms with E-state index in [1.54, 1.807) is 6.92 Å². The van der Waals surface area contributed by atoms with Gasteiger partial charge >= 0.3 is 12.1 Å². The quantitative estimate of drug-likeness (QED) is 0.477. The largest absolute Gasteiger partial charge is 0.492 e. The van der Waals surface area contributed by atoms with Crippen molar-refractivity contribution < 1.29 is 23.8 Å². The molecule has 6 heteroatoms. The molecule has 156 valence electrons. The normalized spacial score (nSPS) is 18.9. The number of esters is 1. The Kier molecular flexibility index (Phi) is 9.66. The second-order valence-electron chi connectivity index (χ2n) is 7.17. The van der Waals surface area contributed by atoms with Crippen LogP contribution in [0.25, 0.3) is 0 Å². The number of carbonyl (C=O) groups is 2. The van der Waals surface area contributed by atoms with Gasteiger partial charge in [0.05, 0.1) is 13.2 Å². The number of nitrogens with one attached hydrogen (secondary N) is 1. The zero-order valence-electron chi connectivity index (χ0n) is 17.1. The van der Waals surface area contributed by atoms with Gasteiger partial charge in [0.1, 0.15) is 18.5 Å². The van der Waals surface area contributed by atoms with Crippen molar-refractivity contribution in [2.24, 2.45) is 5.92 Å². The standard InChI is InChI=1S/C22H33NO5/c1-3-7-21(24)28-20-9-6-5-8-18(20)16-17-10-12-19(13-11-17)27-15-14-23-22(25)26-4-2/h10-13,18,20H,3-9,14-16H2,1-2H3,(H,23,25)/t18-,20+/m0/s1. The van der Waals surface area contributed by atoms with E-state index in [1.807, 2.05) is 19.1 Å². The summed E-state index contributed by atoms with van der Waals surface area (Å²) in [5, 5.41) is 2.62. The van der Waals surface area contributed by atoms with Crippen molar-refractivity contribution in [1.82, 2.24) is 5.32 Å². The molecule has 28 heavy (non-hydrogen) atoms. The number of amides is 1. The highest BCUT2D eigenvalue weighted by atomic mass is 16.5. The summed E-state index contributed by atoms with van der Waals surface area (Å²) in [7, 11) is 0. The molecular weight excluding hydrogens is 358 g/mol. The molecule has 0 unspecified atom stereocenters. The molecule has 1 aromatic carbocycles. The second kappa shape index (κ2) is 12.3. The molecule has 0 bridgehead atoms. The van der Waals surface area contributed by atoms with E-state index in [0.29, 0.717) is 32.1 Å². The maximum Gasteiger partial charge on any atom is 0.407 e. The van der Waals surface area contributed by atoms with Gasteiger partial charge in [-0.1, -0.05) is 25.5 Å². The van der Waals surface area contributed by atoms with E-state index in [9.17, 15) is 9.59 Å². The minimum atomic E-state index is -0.428. The Hall–Kier alpha value is -2.24. The van der Waals surface area contributed by atoms with Crippen LogP contribution in [-0.4, -0.2) is 37.9 Å². The number of rotatable bonds is 10. The van der Waals surface area contributed by atoms with Crippen LogP contribution in [0.2, 0.25) is 0 Å². The lowest BCUT2D eigenvalue weighted by atomic mass is 9.82. The van der Waals surface area contributed by atoms with Crippen molar-refractivity contribution >= 4 is 12.1 Å². The van der Waals surface area contributed by atoms with Gasteiger partial charge < -0.3 is 19.5 Å². The second-order valence-corrected chi connectivity index (χ2v) is 7.17. The van der Waals surface area contributed by atoms with Crippen molar-refractivity contribution in [2.75, 3.05) is 19.8 Å². The van der Waals surface area contributed by atoms with Gasteiger partial charge in [0.15, 0.2) is 0 Å². The fraction of sp³-hybridized carbons (Fsp3) is 0.636. The summed E-state index contributed by atoms with van der Waals surface area (Å²) in [6.45, 7) is 4.90. The number of ether oxygens (including phenoxy) is 3. The van der Waals surface area contributed by atoms with Gasteiger partial charge in [0, 0.05) is 6.42 Å². The zero-order chi connectivity index (χ0) is 20.2. The lowest BCUT2D eigenvalue weighted by Crippen LogP contribution is -2.31. The van der Waals surface area contributed by atoms with Crippen LogP contribution in [0.4, 0.5) is 4.79 Å². The molecule has 1 aliphatic rings. The lowest BCUT2D eigenvalue weighted by molar-refractivity contribution is -0.153. The van der Waals surface area contributed by atoms with E-state index >= 15 is 0 Å². The summed E-state index contributed by atoms with van der Waals surface area (Å²) in [4.78, 5) is 23.1. The minimum absolute atomic E-state index is 0.0395. The molecule has 0 spiro atoms. The van der Waals surface area contributed by atoms with Gasteiger partial charge in [-0.3, -0.25) is 4.79 Å². The minimum Gasteiger partial charge on any atom is -0.492 e. The molecule has 6 nitrogen and oxygen atoms in total. The van der Waals surface area contributed by atoms with Crippen LogP contribution in [-0.2, 0) is 20.7 Å². The summed E-state index contributed by atoms with van der Waals surface area (Å²) in [5.41, 5.74) is 1.22. The fourth-order valence-corrected chi connectivity index (χ4v) is 3.52. The van der Waals surface area contributed by atoms with Crippen LogP contribution in [0.15, 0.2) is 24.3 Å². The SMILES string of the molecule is CCCC(=O)O[C@@H]1CCCC[C@H]1Cc1ccc(OCCNC(=O)OCC)cc1. The highest BCUT2D eigenvalue weighted by molar-refractivity contribution is 5.69. The van der Waals surface area contributed by atoms with Crippen LogP contribution < -0.4 is 10.1 Å². The molecule has 1 N–H and O–H groups in total. The number of alkyl carbamates (subject to hydrolysis) is 1.